The maximum atomic E-state index is 15.3. The lowest BCUT2D eigenvalue weighted by Gasteiger charge is -2.36. The number of amides is 1. The molecule has 3 N–H and O–H groups in total. The number of piperidine rings is 1. The van der Waals surface area contributed by atoms with E-state index in [1.165, 1.54) is 12.6 Å². The summed E-state index contributed by atoms with van der Waals surface area (Å²) in [5, 5.41) is 2.84. The van der Waals surface area contributed by atoms with Crippen LogP contribution in [0.25, 0.3) is 22.5 Å². The molecule has 0 bridgehead atoms. The number of nitrogens with two attached hydrogens (primary N) is 1. The number of carbonyl (C=O) groups is 1. The number of nitrogens with zero attached hydrogens (tertiary/aromatic N) is 3. The summed E-state index contributed by atoms with van der Waals surface area (Å²) in [6.07, 6.45) is 4.61. The van der Waals surface area contributed by atoms with Gasteiger partial charge in [0.05, 0.1) is 11.9 Å². The number of nitrogen functional groups attached to an aromatic ring is 1. The lowest BCUT2D eigenvalue weighted by molar-refractivity contribution is 0.0946. The molecule has 1 aromatic heterocycles. The Hall–Kier alpha value is -3.48. The molecule has 1 amide bonds. The first kappa shape index (κ1) is 22.3. The van der Waals surface area contributed by atoms with Crippen LogP contribution in [0.5, 0.6) is 0 Å². The van der Waals surface area contributed by atoms with E-state index >= 15 is 4.39 Å². The highest BCUT2D eigenvalue weighted by molar-refractivity contribution is 5.97. The van der Waals surface area contributed by atoms with Gasteiger partial charge in [-0.05, 0) is 67.0 Å². The Morgan fingerprint density at radius 1 is 1.18 bits per heavy atom. The van der Waals surface area contributed by atoms with Crippen LogP contribution in [0, 0.1) is 17.7 Å². The van der Waals surface area contributed by atoms with E-state index in [2.05, 4.69) is 34.0 Å². The third-order valence-corrected chi connectivity index (χ3v) is 7.10. The van der Waals surface area contributed by atoms with E-state index in [-0.39, 0.29) is 17.5 Å². The first-order valence-electron chi connectivity index (χ1n) is 12.0. The van der Waals surface area contributed by atoms with Gasteiger partial charge in [-0.3, -0.25) is 4.79 Å². The summed E-state index contributed by atoms with van der Waals surface area (Å²) < 4.78 is 15.3. The average Bonchev–Trinajstić information content (AvgIpc) is 2.84. The first-order chi connectivity index (χ1) is 16.4. The second-order valence-electron chi connectivity index (χ2n) is 9.62. The molecule has 0 aliphatic carbocycles. The fourth-order valence-electron chi connectivity index (χ4n) is 5.01. The minimum Gasteiger partial charge on any atom is -0.382 e. The molecule has 0 spiro atoms. The first-order valence-corrected chi connectivity index (χ1v) is 12.0. The molecule has 0 unspecified atom stereocenters. The van der Waals surface area contributed by atoms with Gasteiger partial charge in [-0.1, -0.05) is 19.9 Å². The van der Waals surface area contributed by atoms with E-state index < -0.39 is 0 Å². The van der Waals surface area contributed by atoms with Crippen LogP contribution >= 0.6 is 0 Å². The zero-order chi connectivity index (χ0) is 23.8. The van der Waals surface area contributed by atoms with Crippen molar-refractivity contribution < 1.29 is 9.18 Å². The molecule has 0 saturated carbocycles. The van der Waals surface area contributed by atoms with Crippen molar-refractivity contribution in [2.75, 3.05) is 30.3 Å². The number of fused-ring (bicyclic) bond motifs is 1. The highest BCUT2D eigenvalue weighted by atomic mass is 19.1. The van der Waals surface area contributed by atoms with Crippen molar-refractivity contribution in [3.8, 4) is 22.5 Å². The fraction of sp³-hybridized carbons (Fsp3) is 0.370. The summed E-state index contributed by atoms with van der Waals surface area (Å²) in [5.41, 5.74) is 10.8. The van der Waals surface area contributed by atoms with Crippen LogP contribution < -0.4 is 16.0 Å². The van der Waals surface area contributed by atoms with Gasteiger partial charge < -0.3 is 16.0 Å². The number of halogens is 1. The van der Waals surface area contributed by atoms with Gasteiger partial charge in [0.25, 0.3) is 5.91 Å². The van der Waals surface area contributed by atoms with E-state index in [4.69, 9.17) is 5.73 Å². The molecule has 3 heterocycles. The number of anilines is 2. The minimum atomic E-state index is -0.323. The van der Waals surface area contributed by atoms with Gasteiger partial charge in [0.15, 0.2) is 0 Å². The minimum absolute atomic E-state index is 0.0730. The lowest BCUT2D eigenvalue weighted by atomic mass is 9.87. The molecule has 2 aromatic carbocycles. The SMILES string of the molecule is CC(C)[C@@H]1CCCN(c2ccc(-c3cnc(N)c(-c4ccc5c(c4)CCNC5=O)n3)c(F)c2)C1. The van der Waals surface area contributed by atoms with Crippen molar-refractivity contribution in [3.63, 3.8) is 0 Å². The Morgan fingerprint density at radius 3 is 2.79 bits per heavy atom. The topological polar surface area (TPSA) is 84.1 Å². The van der Waals surface area contributed by atoms with Crippen molar-refractivity contribution in [2.24, 2.45) is 11.8 Å². The lowest BCUT2D eigenvalue weighted by Crippen LogP contribution is -2.37. The molecule has 5 rings (SSSR count). The molecule has 2 aliphatic rings. The molecule has 6 nitrogen and oxygen atoms in total. The number of hydrogen-bond donors (Lipinski definition) is 2. The second kappa shape index (κ2) is 9.05. The fourth-order valence-corrected chi connectivity index (χ4v) is 5.01. The van der Waals surface area contributed by atoms with E-state index in [0.717, 1.165) is 42.7 Å². The Balaban J connectivity index is 1.45. The number of hydrogen-bond acceptors (Lipinski definition) is 5. The summed E-state index contributed by atoms with van der Waals surface area (Å²) in [6, 6.07) is 10.9. The normalized spacial score (nSPS) is 18.1. The molecule has 7 heteroatoms. The molecular formula is C27H30FN5O. The smallest absolute Gasteiger partial charge is 0.251 e. The van der Waals surface area contributed by atoms with E-state index in [0.29, 0.717) is 40.9 Å². The quantitative estimate of drug-likeness (QED) is 0.591. The van der Waals surface area contributed by atoms with Crippen LogP contribution in [0.2, 0.25) is 0 Å². The van der Waals surface area contributed by atoms with Crippen LogP contribution in [0.4, 0.5) is 15.9 Å². The van der Waals surface area contributed by atoms with Gasteiger partial charge in [0.1, 0.15) is 17.3 Å². The Morgan fingerprint density at radius 2 is 2.00 bits per heavy atom. The zero-order valence-electron chi connectivity index (χ0n) is 19.6. The second-order valence-corrected chi connectivity index (χ2v) is 9.62. The zero-order valence-corrected chi connectivity index (χ0v) is 19.6. The van der Waals surface area contributed by atoms with Crippen LogP contribution in [0.15, 0.2) is 42.6 Å². The largest absolute Gasteiger partial charge is 0.382 e. The number of nitrogens with one attached hydrogen (secondary N) is 1. The van der Waals surface area contributed by atoms with Crippen LogP contribution in [0.1, 0.15) is 42.6 Å². The van der Waals surface area contributed by atoms with Crippen molar-refractivity contribution in [1.82, 2.24) is 15.3 Å². The number of benzene rings is 2. The average molecular weight is 460 g/mol. The Labute approximate surface area is 199 Å². The maximum Gasteiger partial charge on any atom is 0.251 e. The van der Waals surface area contributed by atoms with Crippen molar-refractivity contribution in [1.29, 1.82) is 0 Å². The van der Waals surface area contributed by atoms with Gasteiger partial charge in [-0.15, -0.1) is 0 Å². The number of aromatic nitrogens is 2. The van der Waals surface area contributed by atoms with Crippen LogP contribution in [0.3, 0.4) is 0 Å². The summed E-state index contributed by atoms with van der Waals surface area (Å²) in [7, 11) is 0. The molecule has 1 atom stereocenters. The predicted molar refractivity (Wildman–Crippen MR) is 133 cm³/mol. The van der Waals surface area contributed by atoms with Gasteiger partial charge in [-0.2, -0.15) is 0 Å². The molecule has 1 saturated heterocycles. The standard InChI is InChI=1S/C27H30FN5O/c1-16(2)19-4-3-11-33(15-19)20-6-8-22(23(28)13-20)24-14-31-26(29)25(32-24)18-5-7-21-17(12-18)9-10-30-27(21)34/h5-8,12-14,16,19H,3-4,9-11,15H2,1-2H3,(H2,29,31)(H,30,34)/t19-/m1/s1. The summed E-state index contributed by atoms with van der Waals surface area (Å²) in [4.78, 5) is 23.3. The van der Waals surface area contributed by atoms with Gasteiger partial charge in [0.2, 0.25) is 0 Å². The van der Waals surface area contributed by atoms with E-state index in [9.17, 15) is 4.79 Å². The van der Waals surface area contributed by atoms with Gasteiger partial charge in [-0.25, -0.2) is 14.4 Å². The van der Waals surface area contributed by atoms with Crippen molar-refractivity contribution in [2.45, 2.75) is 33.1 Å². The van der Waals surface area contributed by atoms with Gasteiger partial charge in [0, 0.05) is 42.0 Å². The molecule has 0 radical (unpaired) electrons. The number of carbonyl (C=O) groups excluding carboxylic acids is 1. The third-order valence-electron chi connectivity index (χ3n) is 7.10. The highest BCUT2D eigenvalue weighted by Crippen LogP contribution is 2.33. The van der Waals surface area contributed by atoms with Crippen molar-refractivity contribution >= 4 is 17.4 Å². The van der Waals surface area contributed by atoms with Crippen LogP contribution in [-0.2, 0) is 6.42 Å². The molecule has 2 aliphatic heterocycles. The molecule has 176 valence electrons. The predicted octanol–water partition coefficient (Wildman–Crippen LogP) is 4.69. The summed E-state index contributed by atoms with van der Waals surface area (Å²) >= 11 is 0. The Kier molecular flexibility index (Phi) is 5.94. The van der Waals surface area contributed by atoms with Gasteiger partial charge >= 0.3 is 0 Å². The van der Waals surface area contributed by atoms with E-state index in [1.807, 2.05) is 18.2 Å². The summed E-state index contributed by atoms with van der Waals surface area (Å²) in [5.74, 6) is 1.12. The van der Waals surface area contributed by atoms with Crippen LogP contribution in [-0.4, -0.2) is 35.5 Å². The monoisotopic (exact) mass is 459 g/mol. The molecule has 3 aromatic rings. The number of rotatable bonds is 4. The maximum absolute atomic E-state index is 15.3. The Bertz CT molecular complexity index is 1240. The van der Waals surface area contributed by atoms with Crippen molar-refractivity contribution in [3.05, 3.63) is 59.5 Å². The third kappa shape index (κ3) is 4.22. The summed E-state index contributed by atoms with van der Waals surface area (Å²) in [6.45, 7) is 7.02. The molecule has 34 heavy (non-hydrogen) atoms. The molecule has 1 fully saturated rings. The molecular weight excluding hydrogens is 429 g/mol. The van der Waals surface area contributed by atoms with E-state index in [1.54, 1.807) is 18.2 Å². The highest BCUT2D eigenvalue weighted by Gasteiger charge is 2.24.